The smallest absolute Gasteiger partial charge is 0.397 e. The van der Waals surface area contributed by atoms with E-state index in [1.54, 1.807) is 13.0 Å². The van der Waals surface area contributed by atoms with Crippen molar-refractivity contribution >= 4 is 40.5 Å². The molecule has 1 aromatic carbocycles. The Bertz CT molecular complexity index is 652. The molecular formula is C14H13N3O3S. The largest absolute Gasteiger partial charge is 0.459 e. The lowest BCUT2D eigenvalue weighted by Crippen LogP contribution is -2.24. The highest BCUT2D eigenvalue weighted by molar-refractivity contribution is 7.16. The molecule has 0 saturated carbocycles. The fourth-order valence-corrected chi connectivity index (χ4v) is 2.07. The first-order valence-corrected chi connectivity index (χ1v) is 7.05. The molecule has 21 heavy (non-hydrogen) atoms. The molecule has 1 heterocycles. The quantitative estimate of drug-likeness (QED) is 0.692. The summed E-state index contributed by atoms with van der Waals surface area (Å²) in [5.74, 6) is -1.79. The molecule has 0 radical (unpaired) electrons. The van der Waals surface area contributed by atoms with Gasteiger partial charge in [-0.25, -0.2) is 4.79 Å². The van der Waals surface area contributed by atoms with E-state index in [9.17, 15) is 9.59 Å². The van der Waals surface area contributed by atoms with Gasteiger partial charge in [-0.2, -0.15) is 0 Å². The van der Waals surface area contributed by atoms with Gasteiger partial charge < -0.3 is 4.74 Å². The summed E-state index contributed by atoms with van der Waals surface area (Å²) in [5.41, 5.74) is 1.03. The Morgan fingerprint density at radius 3 is 2.71 bits per heavy atom. The lowest BCUT2D eigenvalue weighted by atomic mass is 10.2. The van der Waals surface area contributed by atoms with Crippen molar-refractivity contribution in [1.29, 1.82) is 0 Å². The summed E-state index contributed by atoms with van der Waals surface area (Å²) < 4.78 is 4.58. The molecule has 0 aliphatic heterocycles. The zero-order valence-corrected chi connectivity index (χ0v) is 12.1. The second kappa shape index (κ2) is 7.30. The molecule has 1 N–H and O–H groups in total. The van der Waals surface area contributed by atoms with E-state index in [1.165, 1.54) is 11.3 Å². The Morgan fingerprint density at radius 1 is 1.24 bits per heavy atom. The molecule has 0 aliphatic carbocycles. The van der Waals surface area contributed by atoms with Crippen LogP contribution in [0.4, 0.5) is 5.13 Å². The summed E-state index contributed by atoms with van der Waals surface area (Å²) in [7, 11) is 0. The number of hydrogen-bond acceptors (Lipinski definition) is 6. The lowest BCUT2D eigenvalue weighted by molar-refractivity contribution is -0.152. The van der Waals surface area contributed by atoms with Crippen LogP contribution in [0.3, 0.4) is 0 Å². The maximum absolute atomic E-state index is 11.4. The zero-order chi connectivity index (χ0) is 15.1. The molecule has 2 aromatic rings. The molecule has 6 nitrogen and oxygen atoms in total. The SMILES string of the molecule is CCOC(=O)C(=O)Nc1nnc(/C=C/c2ccccc2)s1. The third kappa shape index (κ3) is 4.50. The molecule has 0 fully saturated rings. The molecule has 1 aromatic heterocycles. The average molecular weight is 303 g/mol. The van der Waals surface area contributed by atoms with Gasteiger partial charge in [0.25, 0.3) is 0 Å². The Balaban J connectivity index is 1.97. The minimum absolute atomic E-state index is 0.146. The first-order chi connectivity index (χ1) is 10.2. The number of carbonyl (C=O) groups is 2. The summed E-state index contributed by atoms with van der Waals surface area (Å²) in [4.78, 5) is 22.6. The fraction of sp³-hybridized carbons (Fsp3) is 0.143. The zero-order valence-electron chi connectivity index (χ0n) is 11.3. The molecule has 2 rings (SSSR count). The summed E-state index contributed by atoms with van der Waals surface area (Å²) in [5, 5.41) is 10.9. The van der Waals surface area contributed by atoms with Gasteiger partial charge in [0.05, 0.1) is 6.61 Å². The van der Waals surface area contributed by atoms with Crippen molar-refractivity contribution in [2.75, 3.05) is 11.9 Å². The van der Waals surface area contributed by atoms with Gasteiger partial charge in [0.15, 0.2) is 0 Å². The van der Waals surface area contributed by atoms with Gasteiger partial charge in [-0.05, 0) is 18.6 Å². The van der Waals surface area contributed by atoms with E-state index in [2.05, 4.69) is 20.3 Å². The molecule has 0 aliphatic rings. The van der Waals surface area contributed by atoms with Crippen molar-refractivity contribution in [3.8, 4) is 0 Å². The van der Waals surface area contributed by atoms with Crippen LogP contribution in [0.15, 0.2) is 30.3 Å². The maximum Gasteiger partial charge on any atom is 0.397 e. The minimum Gasteiger partial charge on any atom is -0.459 e. The molecule has 0 unspecified atom stereocenters. The van der Waals surface area contributed by atoms with Crippen molar-refractivity contribution in [2.24, 2.45) is 0 Å². The first-order valence-electron chi connectivity index (χ1n) is 6.23. The van der Waals surface area contributed by atoms with Crippen LogP contribution in [0, 0.1) is 0 Å². The van der Waals surface area contributed by atoms with E-state index < -0.39 is 11.9 Å². The Morgan fingerprint density at radius 2 is 2.00 bits per heavy atom. The predicted molar refractivity (Wildman–Crippen MR) is 80.5 cm³/mol. The number of esters is 1. The minimum atomic E-state index is -0.936. The van der Waals surface area contributed by atoms with Crippen LogP contribution < -0.4 is 5.32 Å². The molecule has 0 bridgehead atoms. The topological polar surface area (TPSA) is 81.2 Å². The van der Waals surface area contributed by atoms with Gasteiger partial charge in [-0.3, -0.25) is 10.1 Å². The molecular weight excluding hydrogens is 290 g/mol. The van der Waals surface area contributed by atoms with Crippen molar-refractivity contribution in [1.82, 2.24) is 10.2 Å². The standard InChI is InChI=1S/C14H13N3O3S/c1-2-20-13(19)12(18)15-14-17-16-11(21-14)9-8-10-6-4-3-5-7-10/h3-9H,2H2,1H3,(H,15,17,18)/b9-8+. The summed E-state index contributed by atoms with van der Waals surface area (Å²) in [6, 6.07) is 9.72. The van der Waals surface area contributed by atoms with E-state index in [1.807, 2.05) is 36.4 Å². The van der Waals surface area contributed by atoms with Crippen LogP contribution in [0.2, 0.25) is 0 Å². The number of nitrogens with one attached hydrogen (secondary N) is 1. The number of ether oxygens (including phenoxy) is 1. The van der Waals surface area contributed by atoms with Gasteiger partial charge in [-0.1, -0.05) is 47.7 Å². The van der Waals surface area contributed by atoms with Crippen molar-refractivity contribution in [3.05, 3.63) is 40.9 Å². The molecule has 0 atom stereocenters. The van der Waals surface area contributed by atoms with Gasteiger partial charge in [-0.15, -0.1) is 10.2 Å². The van der Waals surface area contributed by atoms with Crippen LogP contribution in [0.5, 0.6) is 0 Å². The van der Waals surface area contributed by atoms with Gasteiger partial charge in [0.2, 0.25) is 5.13 Å². The monoisotopic (exact) mass is 303 g/mol. The van der Waals surface area contributed by atoms with Crippen LogP contribution in [-0.2, 0) is 14.3 Å². The van der Waals surface area contributed by atoms with Crippen LogP contribution in [0.1, 0.15) is 17.5 Å². The Labute approximate surface area is 125 Å². The first kappa shape index (κ1) is 14.9. The highest BCUT2D eigenvalue weighted by Gasteiger charge is 2.16. The molecule has 1 amide bonds. The number of rotatable bonds is 4. The van der Waals surface area contributed by atoms with Crippen LogP contribution >= 0.6 is 11.3 Å². The number of aromatic nitrogens is 2. The van der Waals surface area contributed by atoms with Crippen molar-refractivity contribution < 1.29 is 14.3 Å². The van der Waals surface area contributed by atoms with Crippen molar-refractivity contribution in [3.63, 3.8) is 0 Å². The van der Waals surface area contributed by atoms with E-state index in [4.69, 9.17) is 0 Å². The highest BCUT2D eigenvalue weighted by Crippen LogP contribution is 2.17. The van der Waals surface area contributed by atoms with E-state index in [0.717, 1.165) is 5.56 Å². The van der Waals surface area contributed by atoms with Crippen LogP contribution in [0.25, 0.3) is 12.2 Å². The Kier molecular flexibility index (Phi) is 5.16. The van der Waals surface area contributed by atoms with Gasteiger partial charge >= 0.3 is 11.9 Å². The second-order valence-corrected chi connectivity index (χ2v) is 4.87. The number of carbonyl (C=O) groups excluding carboxylic acids is 2. The van der Waals surface area contributed by atoms with E-state index >= 15 is 0 Å². The average Bonchev–Trinajstić information content (AvgIpc) is 2.94. The van der Waals surface area contributed by atoms with Crippen molar-refractivity contribution in [2.45, 2.75) is 6.92 Å². The molecule has 0 saturated heterocycles. The van der Waals surface area contributed by atoms with E-state index in [0.29, 0.717) is 5.01 Å². The number of amides is 1. The van der Waals surface area contributed by atoms with Crippen LogP contribution in [-0.4, -0.2) is 28.7 Å². The summed E-state index contributed by atoms with van der Waals surface area (Å²) in [6.45, 7) is 1.77. The maximum atomic E-state index is 11.4. The summed E-state index contributed by atoms with van der Waals surface area (Å²) >= 11 is 1.17. The lowest BCUT2D eigenvalue weighted by Gasteiger charge is -1.99. The molecule has 7 heteroatoms. The second-order valence-electron chi connectivity index (χ2n) is 3.86. The highest BCUT2D eigenvalue weighted by atomic mass is 32.1. The number of anilines is 1. The summed E-state index contributed by atoms with van der Waals surface area (Å²) in [6.07, 6.45) is 3.67. The van der Waals surface area contributed by atoms with Gasteiger partial charge in [0.1, 0.15) is 5.01 Å². The normalized spacial score (nSPS) is 10.5. The Hall–Kier alpha value is -2.54. The molecule has 0 spiro atoms. The third-order valence-corrected chi connectivity index (χ3v) is 3.14. The molecule has 108 valence electrons. The number of benzene rings is 1. The predicted octanol–water partition coefficient (Wildman–Crippen LogP) is 2.21. The third-order valence-electron chi connectivity index (χ3n) is 2.34. The number of hydrogen-bond donors (Lipinski definition) is 1. The number of nitrogens with zero attached hydrogens (tertiary/aromatic N) is 2. The van der Waals surface area contributed by atoms with Gasteiger partial charge in [0, 0.05) is 0 Å². The van der Waals surface area contributed by atoms with E-state index in [-0.39, 0.29) is 11.7 Å². The fourth-order valence-electron chi connectivity index (χ4n) is 1.43.